The summed E-state index contributed by atoms with van der Waals surface area (Å²) < 4.78 is 19.1. The molecule has 0 heterocycles. The van der Waals surface area contributed by atoms with E-state index in [2.05, 4.69) is 0 Å². The zero-order chi connectivity index (χ0) is 13.8. The average Bonchev–Trinajstić information content (AvgIpc) is 2.40. The summed E-state index contributed by atoms with van der Waals surface area (Å²) in [5, 5.41) is 8.84. The number of nitrogens with two attached hydrogens (primary N) is 1. The van der Waals surface area contributed by atoms with Gasteiger partial charge in [-0.2, -0.15) is 5.26 Å². The van der Waals surface area contributed by atoms with Gasteiger partial charge >= 0.3 is 0 Å². The number of halogens is 1. The molecular formula is C15H13FN2O. The second-order valence-corrected chi connectivity index (χ2v) is 4.19. The molecule has 0 bridgehead atoms. The Morgan fingerprint density at radius 2 is 2.11 bits per heavy atom. The minimum absolute atomic E-state index is 0.0359. The molecule has 0 aromatic heterocycles. The van der Waals surface area contributed by atoms with Crippen LogP contribution in [0.2, 0.25) is 0 Å². The number of hydrogen-bond donors (Lipinski definition) is 1. The molecule has 2 aromatic carbocycles. The largest absolute Gasteiger partial charge is 0.488 e. The lowest BCUT2D eigenvalue weighted by Gasteiger charge is -2.11. The Labute approximate surface area is 111 Å². The Morgan fingerprint density at radius 3 is 2.79 bits per heavy atom. The van der Waals surface area contributed by atoms with Gasteiger partial charge in [0.15, 0.2) is 0 Å². The van der Waals surface area contributed by atoms with Crippen LogP contribution in [-0.2, 0) is 6.61 Å². The van der Waals surface area contributed by atoms with Gasteiger partial charge < -0.3 is 10.5 Å². The van der Waals surface area contributed by atoms with E-state index in [1.807, 2.05) is 13.0 Å². The van der Waals surface area contributed by atoms with Gasteiger partial charge in [0.05, 0.1) is 11.6 Å². The Kier molecular flexibility index (Phi) is 3.67. The summed E-state index contributed by atoms with van der Waals surface area (Å²) in [5.41, 5.74) is 7.77. The Balaban J connectivity index is 2.22. The molecule has 2 rings (SSSR count). The second-order valence-electron chi connectivity index (χ2n) is 4.19. The smallest absolute Gasteiger partial charge is 0.131 e. The summed E-state index contributed by atoms with van der Waals surface area (Å²) >= 11 is 0. The molecule has 0 aliphatic rings. The van der Waals surface area contributed by atoms with Gasteiger partial charge in [-0.15, -0.1) is 0 Å². The van der Waals surface area contributed by atoms with Gasteiger partial charge in [0.1, 0.15) is 18.2 Å². The number of nitriles is 1. The maximum Gasteiger partial charge on any atom is 0.131 e. The minimum Gasteiger partial charge on any atom is -0.488 e. The molecule has 4 heteroatoms. The molecule has 0 aliphatic heterocycles. The number of ether oxygens (including phenoxy) is 1. The van der Waals surface area contributed by atoms with Crippen LogP contribution in [-0.4, -0.2) is 0 Å². The standard InChI is InChI=1S/C15H13FN2O/c1-10-5-6-11(8-17)7-15(10)19-9-12-13(16)3-2-4-14(12)18/h2-7H,9,18H2,1H3. The van der Waals surface area contributed by atoms with Gasteiger partial charge in [-0.3, -0.25) is 0 Å². The van der Waals surface area contributed by atoms with Crippen molar-refractivity contribution in [1.29, 1.82) is 5.26 Å². The summed E-state index contributed by atoms with van der Waals surface area (Å²) in [6.07, 6.45) is 0. The van der Waals surface area contributed by atoms with Crippen molar-refractivity contribution >= 4 is 5.69 Å². The molecule has 96 valence electrons. The number of rotatable bonds is 3. The van der Waals surface area contributed by atoms with E-state index in [1.165, 1.54) is 6.07 Å². The zero-order valence-electron chi connectivity index (χ0n) is 10.5. The minimum atomic E-state index is -0.394. The molecular weight excluding hydrogens is 243 g/mol. The third-order valence-corrected chi connectivity index (χ3v) is 2.84. The molecule has 2 N–H and O–H groups in total. The van der Waals surface area contributed by atoms with Crippen LogP contribution in [0.3, 0.4) is 0 Å². The van der Waals surface area contributed by atoms with Crippen molar-refractivity contribution in [3.8, 4) is 11.8 Å². The SMILES string of the molecule is Cc1ccc(C#N)cc1OCc1c(N)cccc1F. The van der Waals surface area contributed by atoms with Gasteiger partial charge in [0.25, 0.3) is 0 Å². The van der Waals surface area contributed by atoms with Crippen LogP contribution in [0.1, 0.15) is 16.7 Å². The van der Waals surface area contributed by atoms with E-state index < -0.39 is 5.82 Å². The summed E-state index contributed by atoms with van der Waals surface area (Å²) in [5.74, 6) is 0.163. The van der Waals surface area contributed by atoms with Gasteiger partial charge in [-0.25, -0.2) is 4.39 Å². The fourth-order valence-electron chi connectivity index (χ4n) is 1.70. The van der Waals surface area contributed by atoms with E-state index in [0.29, 0.717) is 22.6 Å². The first-order chi connectivity index (χ1) is 9.11. The first kappa shape index (κ1) is 12.9. The first-order valence-corrected chi connectivity index (χ1v) is 5.78. The average molecular weight is 256 g/mol. The normalized spacial score (nSPS) is 9.95. The molecule has 0 amide bonds. The van der Waals surface area contributed by atoms with Crippen LogP contribution in [0, 0.1) is 24.1 Å². The van der Waals surface area contributed by atoms with Crippen molar-refractivity contribution in [3.05, 3.63) is 58.9 Å². The highest BCUT2D eigenvalue weighted by atomic mass is 19.1. The van der Waals surface area contributed by atoms with E-state index >= 15 is 0 Å². The number of aryl methyl sites for hydroxylation is 1. The highest BCUT2D eigenvalue weighted by Gasteiger charge is 2.08. The Bertz CT molecular complexity index is 627. The second kappa shape index (κ2) is 5.40. The summed E-state index contributed by atoms with van der Waals surface area (Å²) in [6, 6.07) is 11.7. The van der Waals surface area contributed by atoms with Crippen molar-refractivity contribution in [2.45, 2.75) is 13.5 Å². The van der Waals surface area contributed by atoms with Crippen molar-refractivity contribution in [2.75, 3.05) is 5.73 Å². The number of hydrogen-bond acceptors (Lipinski definition) is 3. The maximum atomic E-state index is 13.6. The van der Waals surface area contributed by atoms with Crippen LogP contribution < -0.4 is 10.5 Å². The third kappa shape index (κ3) is 2.83. The predicted molar refractivity (Wildman–Crippen MR) is 71.0 cm³/mol. The number of nitrogen functional groups attached to an aromatic ring is 1. The van der Waals surface area contributed by atoms with E-state index in [0.717, 1.165) is 5.56 Å². The Morgan fingerprint density at radius 1 is 1.32 bits per heavy atom. The number of nitrogens with zero attached hydrogens (tertiary/aromatic N) is 1. The van der Waals surface area contributed by atoms with Crippen LogP contribution in [0.15, 0.2) is 36.4 Å². The molecule has 0 radical (unpaired) electrons. The fraction of sp³-hybridized carbons (Fsp3) is 0.133. The lowest BCUT2D eigenvalue weighted by molar-refractivity contribution is 0.298. The van der Waals surface area contributed by atoms with Crippen LogP contribution in [0.4, 0.5) is 10.1 Å². The van der Waals surface area contributed by atoms with Crippen molar-refractivity contribution in [3.63, 3.8) is 0 Å². The van der Waals surface area contributed by atoms with Crippen LogP contribution in [0.25, 0.3) is 0 Å². The van der Waals surface area contributed by atoms with Crippen molar-refractivity contribution in [1.82, 2.24) is 0 Å². The molecule has 0 saturated heterocycles. The maximum absolute atomic E-state index is 13.6. The molecule has 0 aliphatic carbocycles. The third-order valence-electron chi connectivity index (χ3n) is 2.84. The summed E-state index contributed by atoms with van der Waals surface area (Å²) in [7, 11) is 0. The lowest BCUT2D eigenvalue weighted by atomic mass is 10.1. The molecule has 2 aromatic rings. The molecule has 0 atom stereocenters. The van der Waals surface area contributed by atoms with Gasteiger partial charge in [0.2, 0.25) is 0 Å². The van der Waals surface area contributed by atoms with E-state index in [-0.39, 0.29) is 6.61 Å². The van der Waals surface area contributed by atoms with Crippen molar-refractivity contribution < 1.29 is 9.13 Å². The number of benzene rings is 2. The topological polar surface area (TPSA) is 59.0 Å². The molecule has 3 nitrogen and oxygen atoms in total. The predicted octanol–water partition coefficient (Wildman–Crippen LogP) is 3.17. The van der Waals surface area contributed by atoms with Crippen LogP contribution in [0.5, 0.6) is 5.75 Å². The van der Waals surface area contributed by atoms with E-state index in [1.54, 1.807) is 30.3 Å². The van der Waals surface area contributed by atoms with Crippen molar-refractivity contribution in [2.24, 2.45) is 0 Å². The molecule has 0 fully saturated rings. The summed E-state index contributed by atoms with van der Waals surface area (Å²) in [4.78, 5) is 0. The molecule has 19 heavy (non-hydrogen) atoms. The zero-order valence-corrected chi connectivity index (χ0v) is 10.5. The fourth-order valence-corrected chi connectivity index (χ4v) is 1.70. The Hall–Kier alpha value is -2.54. The summed E-state index contributed by atoms with van der Waals surface area (Å²) in [6.45, 7) is 1.90. The highest BCUT2D eigenvalue weighted by molar-refractivity contribution is 5.47. The van der Waals surface area contributed by atoms with Crippen LogP contribution >= 0.6 is 0 Å². The molecule has 0 saturated carbocycles. The molecule has 0 unspecified atom stereocenters. The molecule has 0 spiro atoms. The number of anilines is 1. The van der Waals surface area contributed by atoms with Gasteiger partial charge in [-0.05, 0) is 36.8 Å². The van der Waals surface area contributed by atoms with E-state index in [4.69, 9.17) is 15.7 Å². The quantitative estimate of drug-likeness (QED) is 0.858. The first-order valence-electron chi connectivity index (χ1n) is 5.78. The highest BCUT2D eigenvalue weighted by Crippen LogP contribution is 2.23. The van der Waals surface area contributed by atoms with Gasteiger partial charge in [-0.1, -0.05) is 12.1 Å². The lowest BCUT2D eigenvalue weighted by Crippen LogP contribution is -2.04. The van der Waals surface area contributed by atoms with Gasteiger partial charge in [0, 0.05) is 11.3 Å². The van der Waals surface area contributed by atoms with E-state index in [9.17, 15) is 4.39 Å². The monoisotopic (exact) mass is 256 g/mol.